The van der Waals surface area contributed by atoms with Crippen molar-refractivity contribution in [1.82, 2.24) is 4.57 Å². The summed E-state index contributed by atoms with van der Waals surface area (Å²) in [5.41, 5.74) is 1.97. The third-order valence-electron chi connectivity index (χ3n) is 3.00. The predicted octanol–water partition coefficient (Wildman–Crippen LogP) is 3.31. The van der Waals surface area contributed by atoms with Gasteiger partial charge in [-0.1, -0.05) is 23.9 Å². The van der Waals surface area contributed by atoms with Crippen molar-refractivity contribution in [2.24, 2.45) is 0 Å². The average molecular weight is 323 g/mol. The SMILES string of the molecule is CN1C(=O)CSc2c(Br)ccn2-c2ccccc21. The number of carbonyl (C=O) groups excluding carboxylic acids is 1. The fraction of sp³-hybridized carbons (Fsp3) is 0.154. The smallest absolute Gasteiger partial charge is 0.237 e. The zero-order valence-corrected chi connectivity index (χ0v) is 12.2. The van der Waals surface area contributed by atoms with E-state index < -0.39 is 0 Å². The molecular weight excluding hydrogens is 312 g/mol. The summed E-state index contributed by atoms with van der Waals surface area (Å²) in [7, 11) is 1.82. The van der Waals surface area contributed by atoms with Gasteiger partial charge in [0.1, 0.15) is 0 Å². The lowest BCUT2D eigenvalue weighted by Crippen LogP contribution is -2.30. The van der Waals surface area contributed by atoms with Crippen molar-refractivity contribution in [3.05, 3.63) is 41.0 Å². The summed E-state index contributed by atoms with van der Waals surface area (Å²) in [6, 6.07) is 9.95. The Morgan fingerprint density at radius 2 is 1.94 bits per heavy atom. The number of amides is 1. The second kappa shape index (κ2) is 4.48. The van der Waals surface area contributed by atoms with Crippen LogP contribution >= 0.6 is 27.7 Å². The van der Waals surface area contributed by atoms with Crippen LogP contribution in [-0.4, -0.2) is 23.3 Å². The Kier molecular flexibility index (Phi) is 2.95. The fourth-order valence-electron chi connectivity index (χ4n) is 2.03. The number of halogens is 1. The Labute approximate surface area is 118 Å². The first kappa shape index (κ1) is 11.9. The number of carbonyl (C=O) groups is 1. The summed E-state index contributed by atoms with van der Waals surface area (Å²) in [6.07, 6.45) is 2.02. The van der Waals surface area contributed by atoms with Crippen molar-refractivity contribution in [2.75, 3.05) is 17.7 Å². The molecule has 2 heterocycles. The number of thioether (sulfide) groups is 1. The number of aromatic nitrogens is 1. The number of para-hydroxylation sites is 2. The highest BCUT2D eigenvalue weighted by atomic mass is 79.9. The molecule has 0 saturated carbocycles. The molecule has 18 heavy (non-hydrogen) atoms. The van der Waals surface area contributed by atoms with Gasteiger partial charge in [0.25, 0.3) is 0 Å². The zero-order chi connectivity index (χ0) is 12.7. The van der Waals surface area contributed by atoms with Crippen molar-refractivity contribution in [3.63, 3.8) is 0 Å². The van der Waals surface area contributed by atoms with E-state index in [0.717, 1.165) is 20.9 Å². The van der Waals surface area contributed by atoms with Gasteiger partial charge in [-0.05, 0) is 34.1 Å². The lowest BCUT2D eigenvalue weighted by molar-refractivity contribution is -0.115. The van der Waals surface area contributed by atoms with E-state index in [1.807, 2.05) is 43.6 Å². The molecule has 0 bridgehead atoms. The number of hydrogen-bond acceptors (Lipinski definition) is 2. The maximum absolute atomic E-state index is 12.1. The molecule has 0 radical (unpaired) electrons. The minimum Gasteiger partial charge on any atom is -0.313 e. The van der Waals surface area contributed by atoms with E-state index in [4.69, 9.17) is 0 Å². The topological polar surface area (TPSA) is 25.2 Å². The molecule has 1 aliphatic heterocycles. The van der Waals surface area contributed by atoms with E-state index in [9.17, 15) is 4.79 Å². The number of nitrogens with zero attached hydrogens (tertiary/aromatic N) is 2. The molecular formula is C13H11BrN2OS. The van der Waals surface area contributed by atoms with E-state index in [1.54, 1.807) is 16.7 Å². The van der Waals surface area contributed by atoms with Gasteiger partial charge in [-0.25, -0.2) is 0 Å². The largest absolute Gasteiger partial charge is 0.313 e. The Morgan fingerprint density at radius 1 is 1.22 bits per heavy atom. The van der Waals surface area contributed by atoms with Gasteiger partial charge >= 0.3 is 0 Å². The summed E-state index contributed by atoms with van der Waals surface area (Å²) in [5.74, 6) is 0.569. The van der Waals surface area contributed by atoms with Gasteiger partial charge in [-0.3, -0.25) is 4.79 Å². The first-order chi connectivity index (χ1) is 8.68. The van der Waals surface area contributed by atoms with Crippen molar-refractivity contribution in [2.45, 2.75) is 5.03 Å². The van der Waals surface area contributed by atoms with Crippen LogP contribution in [0.25, 0.3) is 5.69 Å². The molecule has 2 aromatic rings. The van der Waals surface area contributed by atoms with Crippen LogP contribution in [0.2, 0.25) is 0 Å². The van der Waals surface area contributed by atoms with Crippen LogP contribution in [0, 0.1) is 0 Å². The molecule has 0 fully saturated rings. The standard InChI is InChI=1S/C13H11BrN2OS/c1-15-10-4-2-3-5-11(10)16-7-6-9(14)13(16)18-8-12(15)17/h2-7H,8H2,1H3. The van der Waals surface area contributed by atoms with Crippen molar-refractivity contribution in [1.29, 1.82) is 0 Å². The minimum absolute atomic E-state index is 0.117. The first-order valence-electron chi connectivity index (χ1n) is 5.54. The Balaban J connectivity index is 2.28. The molecule has 0 aliphatic carbocycles. The molecule has 0 atom stereocenters. The predicted molar refractivity (Wildman–Crippen MR) is 77.6 cm³/mol. The third kappa shape index (κ3) is 1.78. The van der Waals surface area contributed by atoms with Gasteiger partial charge in [-0.2, -0.15) is 0 Å². The van der Waals surface area contributed by atoms with Crippen LogP contribution in [0.5, 0.6) is 0 Å². The van der Waals surface area contributed by atoms with Gasteiger partial charge in [0, 0.05) is 17.7 Å². The minimum atomic E-state index is 0.117. The third-order valence-corrected chi connectivity index (χ3v) is 4.99. The average Bonchev–Trinajstić information content (AvgIpc) is 2.75. The molecule has 5 heteroatoms. The van der Waals surface area contributed by atoms with E-state index in [0.29, 0.717) is 5.75 Å². The summed E-state index contributed by atoms with van der Waals surface area (Å²) < 4.78 is 3.15. The quantitative estimate of drug-likeness (QED) is 0.743. The Hall–Kier alpha value is -1.20. The molecule has 1 aromatic carbocycles. The summed E-state index contributed by atoms with van der Waals surface area (Å²) >= 11 is 5.09. The normalized spacial score (nSPS) is 14.8. The fourth-order valence-corrected chi connectivity index (χ4v) is 3.65. The molecule has 1 aromatic heterocycles. The number of benzene rings is 1. The van der Waals surface area contributed by atoms with E-state index in [2.05, 4.69) is 20.5 Å². The van der Waals surface area contributed by atoms with E-state index in [1.165, 1.54) is 0 Å². The van der Waals surface area contributed by atoms with Crippen LogP contribution in [0.4, 0.5) is 5.69 Å². The summed E-state index contributed by atoms with van der Waals surface area (Å²) in [4.78, 5) is 13.8. The Morgan fingerprint density at radius 3 is 2.72 bits per heavy atom. The highest BCUT2D eigenvalue weighted by Crippen LogP contribution is 2.36. The van der Waals surface area contributed by atoms with Gasteiger partial charge in [0.2, 0.25) is 5.91 Å². The number of hydrogen-bond donors (Lipinski definition) is 0. The number of rotatable bonds is 0. The number of fused-ring (bicyclic) bond motifs is 3. The van der Waals surface area contributed by atoms with Crippen LogP contribution < -0.4 is 4.90 Å². The van der Waals surface area contributed by atoms with Crippen LogP contribution in [0.15, 0.2) is 46.0 Å². The molecule has 0 unspecified atom stereocenters. The molecule has 0 spiro atoms. The van der Waals surface area contributed by atoms with Gasteiger partial charge < -0.3 is 9.47 Å². The molecule has 92 valence electrons. The molecule has 3 nitrogen and oxygen atoms in total. The second-order valence-electron chi connectivity index (χ2n) is 4.07. The first-order valence-corrected chi connectivity index (χ1v) is 7.32. The molecule has 1 aliphatic rings. The lowest BCUT2D eigenvalue weighted by Gasteiger charge is -2.24. The maximum Gasteiger partial charge on any atom is 0.237 e. The monoisotopic (exact) mass is 322 g/mol. The van der Waals surface area contributed by atoms with Crippen LogP contribution in [0.3, 0.4) is 0 Å². The molecule has 0 saturated heterocycles. The van der Waals surface area contributed by atoms with Crippen molar-refractivity contribution < 1.29 is 4.79 Å². The van der Waals surface area contributed by atoms with Gasteiger partial charge in [0.05, 0.1) is 22.2 Å². The molecule has 1 amide bonds. The second-order valence-corrected chi connectivity index (χ2v) is 5.89. The van der Waals surface area contributed by atoms with Gasteiger partial charge in [-0.15, -0.1) is 0 Å². The van der Waals surface area contributed by atoms with Crippen LogP contribution in [-0.2, 0) is 4.79 Å². The molecule has 3 rings (SSSR count). The summed E-state index contributed by atoms with van der Waals surface area (Å²) in [6.45, 7) is 0. The maximum atomic E-state index is 12.1. The zero-order valence-electron chi connectivity index (χ0n) is 9.76. The van der Waals surface area contributed by atoms with E-state index >= 15 is 0 Å². The summed E-state index contributed by atoms with van der Waals surface area (Å²) in [5, 5.41) is 1.07. The highest BCUT2D eigenvalue weighted by Gasteiger charge is 2.22. The van der Waals surface area contributed by atoms with Crippen molar-refractivity contribution in [3.8, 4) is 5.69 Å². The van der Waals surface area contributed by atoms with E-state index in [-0.39, 0.29) is 5.91 Å². The highest BCUT2D eigenvalue weighted by molar-refractivity contribution is 9.10. The van der Waals surface area contributed by atoms with Gasteiger partial charge in [0.15, 0.2) is 0 Å². The lowest BCUT2D eigenvalue weighted by atomic mass is 10.2. The molecule has 0 N–H and O–H groups in total. The Bertz CT molecular complexity index is 623. The number of anilines is 1. The van der Waals surface area contributed by atoms with Crippen LogP contribution in [0.1, 0.15) is 0 Å². The van der Waals surface area contributed by atoms with Crippen molar-refractivity contribution >= 4 is 39.3 Å².